The van der Waals surface area contributed by atoms with E-state index in [0.717, 1.165) is 0 Å². The second-order valence-electron chi connectivity index (χ2n) is 4.70. The standard InChI is InChI=1S/C12H13F5O6/c1-3-8(19)21-4-7-5-22-11(20,12(15,16)17)10(13,14)9(7)23-6(2)18/h3,7,9,20H,1,4-5H2,2H3. The smallest absolute Gasteiger partial charge is 0.449 e. The molecule has 0 amide bonds. The van der Waals surface area contributed by atoms with E-state index in [4.69, 9.17) is 0 Å². The first-order chi connectivity index (χ1) is 10.4. The maximum atomic E-state index is 14.1. The Morgan fingerprint density at radius 1 is 1.43 bits per heavy atom. The Bertz CT molecular complexity index is 491. The van der Waals surface area contributed by atoms with Crippen molar-refractivity contribution in [2.75, 3.05) is 13.2 Å². The van der Waals surface area contributed by atoms with E-state index in [1.165, 1.54) is 0 Å². The van der Waals surface area contributed by atoms with E-state index in [2.05, 4.69) is 20.8 Å². The first-order valence-electron chi connectivity index (χ1n) is 6.14. The molecule has 3 atom stereocenters. The summed E-state index contributed by atoms with van der Waals surface area (Å²) < 4.78 is 79.0. The van der Waals surface area contributed by atoms with Crippen molar-refractivity contribution in [3.05, 3.63) is 12.7 Å². The zero-order valence-corrected chi connectivity index (χ0v) is 11.7. The topological polar surface area (TPSA) is 82.1 Å². The van der Waals surface area contributed by atoms with Crippen molar-refractivity contribution in [2.24, 2.45) is 5.92 Å². The SMILES string of the molecule is C=CC(=O)OCC1COC(O)(C(F)(F)F)C(F)(F)C1OC(C)=O. The molecule has 1 heterocycles. The number of aliphatic hydroxyl groups is 1. The molecule has 23 heavy (non-hydrogen) atoms. The fourth-order valence-corrected chi connectivity index (χ4v) is 1.90. The maximum Gasteiger partial charge on any atom is 0.449 e. The molecule has 1 fully saturated rings. The predicted molar refractivity (Wildman–Crippen MR) is 62.1 cm³/mol. The normalized spacial score (nSPS) is 30.4. The van der Waals surface area contributed by atoms with Gasteiger partial charge in [-0.1, -0.05) is 6.58 Å². The summed E-state index contributed by atoms with van der Waals surface area (Å²) in [5.41, 5.74) is 0. The van der Waals surface area contributed by atoms with Gasteiger partial charge in [0.2, 0.25) is 0 Å². The summed E-state index contributed by atoms with van der Waals surface area (Å²) in [6.07, 6.45) is -7.86. The Morgan fingerprint density at radius 3 is 2.43 bits per heavy atom. The highest BCUT2D eigenvalue weighted by Gasteiger charge is 2.77. The first-order valence-corrected chi connectivity index (χ1v) is 6.14. The highest BCUT2D eigenvalue weighted by Crippen LogP contribution is 2.50. The molecule has 0 aliphatic carbocycles. The Kier molecular flexibility index (Phi) is 5.37. The molecule has 0 saturated carbocycles. The molecular formula is C12H13F5O6. The Hall–Kier alpha value is -1.75. The Labute approximate surface area is 126 Å². The molecule has 0 radical (unpaired) electrons. The fraction of sp³-hybridized carbons (Fsp3) is 0.667. The van der Waals surface area contributed by atoms with Crippen LogP contribution in [0.2, 0.25) is 0 Å². The number of rotatable bonds is 4. The van der Waals surface area contributed by atoms with Crippen molar-refractivity contribution in [1.29, 1.82) is 0 Å². The monoisotopic (exact) mass is 348 g/mol. The number of ether oxygens (including phenoxy) is 3. The molecule has 1 rings (SSSR count). The van der Waals surface area contributed by atoms with Crippen LogP contribution in [0.4, 0.5) is 22.0 Å². The van der Waals surface area contributed by atoms with Gasteiger partial charge in [0.1, 0.15) is 6.61 Å². The second-order valence-corrected chi connectivity index (χ2v) is 4.70. The van der Waals surface area contributed by atoms with Gasteiger partial charge in [0.05, 0.1) is 12.5 Å². The molecule has 0 spiro atoms. The van der Waals surface area contributed by atoms with Crippen LogP contribution in [0.5, 0.6) is 0 Å². The Morgan fingerprint density at radius 2 is 2.00 bits per heavy atom. The molecular weight excluding hydrogens is 335 g/mol. The number of carbonyl (C=O) groups excluding carboxylic acids is 2. The van der Waals surface area contributed by atoms with Crippen LogP contribution in [-0.4, -0.2) is 54.2 Å². The van der Waals surface area contributed by atoms with Gasteiger partial charge in [-0.25, -0.2) is 4.79 Å². The molecule has 0 aromatic rings. The molecule has 0 aromatic carbocycles. The third-order valence-corrected chi connectivity index (χ3v) is 3.03. The van der Waals surface area contributed by atoms with Crippen LogP contribution in [0.15, 0.2) is 12.7 Å². The minimum absolute atomic E-state index is 0.699. The van der Waals surface area contributed by atoms with Crippen molar-refractivity contribution < 1.29 is 50.9 Å². The first kappa shape index (κ1) is 19.3. The average Bonchev–Trinajstić information content (AvgIpc) is 2.41. The molecule has 0 aromatic heterocycles. The van der Waals surface area contributed by atoms with Gasteiger partial charge < -0.3 is 19.3 Å². The maximum absolute atomic E-state index is 14.1. The molecule has 1 saturated heterocycles. The third-order valence-electron chi connectivity index (χ3n) is 3.03. The van der Waals surface area contributed by atoms with Crippen LogP contribution in [0.25, 0.3) is 0 Å². The van der Waals surface area contributed by atoms with E-state index in [9.17, 15) is 36.6 Å². The van der Waals surface area contributed by atoms with Crippen molar-refractivity contribution in [3.8, 4) is 0 Å². The van der Waals surface area contributed by atoms with Gasteiger partial charge in [-0.15, -0.1) is 0 Å². The average molecular weight is 348 g/mol. The summed E-state index contributed by atoms with van der Waals surface area (Å²) in [5, 5.41) is 9.25. The van der Waals surface area contributed by atoms with Crippen molar-refractivity contribution in [2.45, 2.75) is 30.9 Å². The third kappa shape index (κ3) is 3.61. The lowest BCUT2D eigenvalue weighted by Crippen LogP contribution is -2.71. The van der Waals surface area contributed by atoms with Crippen molar-refractivity contribution in [3.63, 3.8) is 0 Å². The second kappa shape index (κ2) is 6.40. The summed E-state index contributed by atoms with van der Waals surface area (Å²) in [7, 11) is 0. The quantitative estimate of drug-likeness (QED) is 0.467. The molecule has 1 aliphatic rings. The number of esters is 2. The van der Waals surface area contributed by atoms with Crippen LogP contribution in [-0.2, 0) is 23.8 Å². The summed E-state index contributed by atoms with van der Waals surface area (Å²) >= 11 is 0. The summed E-state index contributed by atoms with van der Waals surface area (Å²) in [4.78, 5) is 21.8. The number of hydrogen-bond donors (Lipinski definition) is 1. The molecule has 1 N–H and O–H groups in total. The highest BCUT2D eigenvalue weighted by molar-refractivity contribution is 5.81. The van der Waals surface area contributed by atoms with E-state index in [-0.39, 0.29) is 0 Å². The van der Waals surface area contributed by atoms with Gasteiger partial charge in [0.15, 0.2) is 6.10 Å². The van der Waals surface area contributed by atoms with Gasteiger partial charge in [-0.05, 0) is 0 Å². The molecule has 132 valence electrons. The van der Waals surface area contributed by atoms with Crippen molar-refractivity contribution >= 4 is 11.9 Å². The lowest BCUT2D eigenvalue weighted by Gasteiger charge is -2.46. The molecule has 6 nitrogen and oxygen atoms in total. The van der Waals surface area contributed by atoms with Gasteiger partial charge in [0.25, 0.3) is 0 Å². The van der Waals surface area contributed by atoms with Crippen LogP contribution in [0.1, 0.15) is 6.92 Å². The van der Waals surface area contributed by atoms with Gasteiger partial charge >= 0.3 is 29.8 Å². The summed E-state index contributed by atoms with van der Waals surface area (Å²) in [5.74, 6) is -13.8. The van der Waals surface area contributed by atoms with E-state index in [0.29, 0.717) is 13.0 Å². The molecule has 1 aliphatic heterocycles. The van der Waals surface area contributed by atoms with Gasteiger partial charge in [0, 0.05) is 13.0 Å². The van der Waals surface area contributed by atoms with Gasteiger partial charge in [-0.2, -0.15) is 22.0 Å². The molecule has 3 unspecified atom stereocenters. The minimum atomic E-state index is -5.85. The number of carbonyl (C=O) groups is 2. The van der Waals surface area contributed by atoms with Crippen LogP contribution < -0.4 is 0 Å². The minimum Gasteiger partial charge on any atom is -0.462 e. The lowest BCUT2D eigenvalue weighted by atomic mass is 9.89. The number of alkyl halides is 5. The predicted octanol–water partition coefficient (Wildman–Crippen LogP) is 1.18. The summed E-state index contributed by atoms with van der Waals surface area (Å²) in [6.45, 7) is 1.83. The van der Waals surface area contributed by atoms with E-state index in [1.54, 1.807) is 0 Å². The molecule has 0 bridgehead atoms. The highest BCUT2D eigenvalue weighted by atomic mass is 19.4. The zero-order chi connectivity index (χ0) is 18.1. The van der Waals surface area contributed by atoms with Crippen LogP contribution >= 0.6 is 0 Å². The molecule has 11 heteroatoms. The van der Waals surface area contributed by atoms with Crippen LogP contribution in [0, 0.1) is 5.92 Å². The number of hydrogen-bond acceptors (Lipinski definition) is 6. The van der Waals surface area contributed by atoms with E-state index >= 15 is 0 Å². The van der Waals surface area contributed by atoms with Gasteiger partial charge in [-0.3, -0.25) is 4.79 Å². The number of halogens is 5. The fourth-order valence-electron chi connectivity index (χ4n) is 1.90. The Balaban J connectivity index is 3.12. The van der Waals surface area contributed by atoms with E-state index < -0.39 is 55.1 Å². The van der Waals surface area contributed by atoms with Crippen molar-refractivity contribution in [1.82, 2.24) is 0 Å². The largest absolute Gasteiger partial charge is 0.462 e. The van der Waals surface area contributed by atoms with E-state index in [1.807, 2.05) is 0 Å². The van der Waals surface area contributed by atoms with Crippen LogP contribution in [0.3, 0.4) is 0 Å². The lowest BCUT2D eigenvalue weighted by molar-refractivity contribution is -0.463. The summed E-state index contributed by atoms with van der Waals surface area (Å²) in [6, 6.07) is 0. The zero-order valence-electron chi connectivity index (χ0n) is 11.7.